The number of aliphatic hydroxyl groups is 2. The van der Waals surface area contributed by atoms with Crippen molar-refractivity contribution in [3.63, 3.8) is 0 Å². The SMILES string of the molecule is O=C(O)[C@@H](O)[C@@](O)(Cc1ccccc1F)C(=O)O. The molecule has 18 heavy (non-hydrogen) atoms. The summed E-state index contributed by atoms with van der Waals surface area (Å²) in [6.45, 7) is 0. The van der Waals surface area contributed by atoms with Gasteiger partial charge in [0.25, 0.3) is 0 Å². The molecule has 0 spiro atoms. The molecule has 4 N–H and O–H groups in total. The van der Waals surface area contributed by atoms with Gasteiger partial charge in [0.1, 0.15) is 5.82 Å². The highest BCUT2D eigenvalue weighted by Crippen LogP contribution is 2.20. The van der Waals surface area contributed by atoms with Crippen LogP contribution in [0.5, 0.6) is 0 Å². The molecular weight excluding hydrogens is 247 g/mol. The first-order chi connectivity index (χ1) is 8.29. The first kappa shape index (κ1) is 14.1. The minimum atomic E-state index is -2.99. The van der Waals surface area contributed by atoms with Gasteiger partial charge in [-0.3, -0.25) is 0 Å². The van der Waals surface area contributed by atoms with E-state index in [1.807, 2.05) is 0 Å². The summed E-state index contributed by atoms with van der Waals surface area (Å²) in [6, 6.07) is 4.97. The Balaban J connectivity index is 3.12. The fourth-order valence-electron chi connectivity index (χ4n) is 1.43. The summed E-state index contributed by atoms with van der Waals surface area (Å²) in [5.41, 5.74) is -3.20. The molecule has 0 heterocycles. The normalized spacial score (nSPS) is 15.7. The number of carboxylic acid groups (broad SMARTS) is 2. The molecule has 0 amide bonds. The van der Waals surface area contributed by atoms with E-state index in [4.69, 9.17) is 10.2 Å². The molecule has 7 heteroatoms. The highest BCUT2D eigenvalue weighted by molar-refractivity contribution is 5.87. The molecule has 0 fully saturated rings. The van der Waals surface area contributed by atoms with Gasteiger partial charge in [-0.25, -0.2) is 14.0 Å². The van der Waals surface area contributed by atoms with Crippen molar-refractivity contribution in [2.45, 2.75) is 18.1 Å². The third-order valence-corrected chi connectivity index (χ3v) is 2.47. The molecule has 0 saturated heterocycles. The standard InChI is InChI=1S/C11H11FO6/c12-7-4-2-1-3-6(7)5-11(18,10(16)17)8(13)9(14)15/h1-4,8,13,18H,5H2,(H,14,15)(H,16,17)/t8-,11+/m1/s1. The number of aliphatic carboxylic acids is 2. The average Bonchev–Trinajstić information content (AvgIpc) is 2.30. The molecule has 0 radical (unpaired) electrons. The largest absolute Gasteiger partial charge is 0.479 e. The third kappa shape index (κ3) is 2.63. The van der Waals surface area contributed by atoms with Crippen LogP contribution in [0.25, 0.3) is 0 Å². The summed E-state index contributed by atoms with van der Waals surface area (Å²) < 4.78 is 13.3. The summed E-state index contributed by atoms with van der Waals surface area (Å²) in [6.07, 6.45) is -3.42. The second-order valence-corrected chi connectivity index (χ2v) is 3.74. The molecule has 1 aromatic carbocycles. The van der Waals surface area contributed by atoms with Gasteiger partial charge in [0.05, 0.1) is 0 Å². The number of hydrogen-bond acceptors (Lipinski definition) is 4. The summed E-state index contributed by atoms with van der Waals surface area (Å²) in [4.78, 5) is 21.4. The molecular formula is C11H11FO6. The number of carbonyl (C=O) groups is 2. The minimum Gasteiger partial charge on any atom is -0.479 e. The lowest BCUT2D eigenvalue weighted by Crippen LogP contribution is -2.54. The summed E-state index contributed by atoms with van der Waals surface area (Å²) in [7, 11) is 0. The molecule has 0 bridgehead atoms. The molecule has 6 nitrogen and oxygen atoms in total. The van der Waals surface area contributed by atoms with E-state index in [0.29, 0.717) is 0 Å². The Morgan fingerprint density at radius 3 is 2.28 bits per heavy atom. The van der Waals surface area contributed by atoms with Gasteiger partial charge in [-0.2, -0.15) is 0 Å². The second-order valence-electron chi connectivity index (χ2n) is 3.74. The van der Waals surface area contributed by atoms with E-state index in [2.05, 4.69) is 0 Å². The zero-order chi connectivity index (χ0) is 13.9. The van der Waals surface area contributed by atoms with Crippen molar-refractivity contribution in [2.75, 3.05) is 0 Å². The summed E-state index contributed by atoms with van der Waals surface area (Å²) in [5.74, 6) is -4.65. The van der Waals surface area contributed by atoms with Crippen LogP contribution in [-0.2, 0) is 16.0 Å². The maximum absolute atomic E-state index is 13.3. The molecule has 98 valence electrons. The monoisotopic (exact) mass is 258 g/mol. The summed E-state index contributed by atoms with van der Waals surface area (Å²) >= 11 is 0. The van der Waals surface area contributed by atoms with Crippen molar-refractivity contribution in [1.29, 1.82) is 0 Å². The number of benzene rings is 1. The lowest BCUT2D eigenvalue weighted by atomic mass is 9.89. The Bertz CT molecular complexity index is 474. The Kier molecular flexibility index (Phi) is 4.00. The van der Waals surface area contributed by atoms with E-state index in [-0.39, 0.29) is 5.56 Å². The van der Waals surface area contributed by atoms with Gasteiger partial charge >= 0.3 is 11.9 Å². The fourth-order valence-corrected chi connectivity index (χ4v) is 1.43. The number of hydrogen-bond donors (Lipinski definition) is 4. The molecule has 0 saturated carbocycles. The van der Waals surface area contributed by atoms with E-state index in [0.717, 1.165) is 6.07 Å². The summed E-state index contributed by atoms with van der Waals surface area (Å²) in [5, 5.41) is 36.3. The smallest absolute Gasteiger partial charge is 0.339 e. The van der Waals surface area contributed by atoms with Crippen LogP contribution in [0, 0.1) is 5.82 Å². The number of carboxylic acids is 2. The molecule has 0 aliphatic heterocycles. The van der Waals surface area contributed by atoms with Crippen LogP contribution in [0.1, 0.15) is 5.56 Å². The van der Waals surface area contributed by atoms with Gasteiger partial charge in [0, 0.05) is 6.42 Å². The first-order valence-electron chi connectivity index (χ1n) is 4.89. The zero-order valence-electron chi connectivity index (χ0n) is 9.08. The highest BCUT2D eigenvalue weighted by atomic mass is 19.1. The van der Waals surface area contributed by atoms with Crippen molar-refractivity contribution in [3.8, 4) is 0 Å². The number of rotatable bonds is 5. The molecule has 0 aliphatic rings. The van der Waals surface area contributed by atoms with Crippen molar-refractivity contribution in [1.82, 2.24) is 0 Å². The Morgan fingerprint density at radius 2 is 1.83 bits per heavy atom. The molecule has 0 aliphatic carbocycles. The van der Waals surface area contributed by atoms with Crippen LogP contribution < -0.4 is 0 Å². The van der Waals surface area contributed by atoms with Gasteiger partial charge in [-0.1, -0.05) is 18.2 Å². The Hall–Kier alpha value is -1.99. The quantitative estimate of drug-likeness (QED) is 0.572. The molecule has 0 aromatic heterocycles. The minimum absolute atomic E-state index is 0.206. The van der Waals surface area contributed by atoms with Gasteiger partial charge in [0.15, 0.2) is 6.10 Å². The maximum atomic E-state index is 13.3. The second kappa shape index (κ2) is 5.11. The van der Waals surface area contributed by atoms with Crippen molar-refractivity contribution in [2.24, 2.45) is 0 Å². The molecule has 2 atom stereocenters. The lowest BCUT2D eigenvalue weighted by molar-refractivity contribution is -0.183. The lowest BCUT2D eigenvalue weighted by Gasteiger charge is -2.26. The van der Waals surface area contributed by atoms with Crippen LogP contribution in [-0.4, -0.2) is 44.1 Å². The number of aliphatic hydroxyl groups excluding tert-OH is 1. The predicted octanol–water partition coefficient (Wildman–Crippen LogP) is -0.371. The number of halogens is 1. The van der Waals surface area contributed by atoms with Gasteiger partial charge in [-0.05, 0) is 11.6 Å². The van der Waals surface area contributed by atoms with Gasteiger partial charge in [0.2, 0.25) is 5.60 Å². The average molecular weight is 258 g/mol. The Labute approximate surface area is 101 Å². The van der Waals surface area contributed by atoms with Gasteiger partial charge < -0.3 is 20.4 Å². The van der Waals surface area contributed by atoms with Gasteiger partial charge in [-0.15, -0.1) is 0 Å². The highest BCUT2D eigenvalue weighted by Gasteiger charge is 2.48. The zero-order valence-corrected chi connectivity index (χ0v) is 9.08. The fraction of sp³-hybridized carbons (Fsp3) is 0.273. The maximum Gasteiger partial charge on any atom is 0.339 e. The van der Waals surface area contributed by atoms with Crippen LogP contribution in [0.4, 0.5) is 4.39 Å². The van der Waals surface area contributed by atoms with E-state index in [1.165, 1.54) is 18.2 Å². The van der Waals surface area contributed by atoms with E-state index in [1.54, 1.807) is 0 Å². The van der Waals surface area contributed by atoms with Crippen LogP contribution >= 0.6 is 0 Å². The molecule has 1 aromatic rings. The molecule has 1 rings (SSSR count). The van der Waals surface area contributed by atoms with Crippen molar-refractivity contribution >= 4 is 11.9 Å². The van der Waals surface area contributed by atoms with Crippen molar-refractivity contribution in [3.05, 3.63) is 35.6 Å². The molecule has 0 unspecified atom stereocenters. The van der Waals surface area contributed by atoms with Crippen LogP contribution in [0.3, 0.4) is 0 Å². The predicted molar refractivity (Wildman–Crippen MR) is 56.3 cm³/mol. The van der Waals surface area contributed by atoms with Crippen LogP contribution in [0.2, 0.25) is 0 Å². The topological polar surface area (TPSA) is 115 Å². The first-order valence-corrected chi connectivity index (χ1v) is 4.89. The third-order valence-electron chi connectivity index (χ3n) is 2.47. The Morgan fingerprint density at radius 1 is 1.28 bits per heavy atom. The van der Waals surface area contributed by atoms with E-state index < -0.39 is 35.9 Å². The van der Waals surface area contributed by atoms with E-state index in [9.17, 15) is 24.2 Å². The van der Waals surface area contributed by atoms with E-state index >= 15 is 0 Å². The van der Waals surface area contributed by atoms with Crippen LogP contribution in [0.15, 0.2) is 24.3 Å². The van der Waals surface area contributed by atoms with Crippen molar-refractivity contribution < 1.29 is 34.4 Å².